The number of hydrogen-bond acceptors (Lipinski definition) is 4. The van der Waals surface area contributed by atoms with Crippen LogP contribution < -0.4 is 0 Å². The third kappa shape index (κ3) is 5.97. The van der Waals surface area contributed by atoms with E-state index in [1.54, 1.807) is 0 Å². The molecule has 0 atom stereocenters. The van der Waals surface area contributed by atoms with Gasteiger partial charge in [0.15, 0.2) is 0 Å². The molecule has 1 aromatic rings. The van der Waals surface area contributed by atoms with Gasteiger partial charge in [0.1, 0.15) is 0 Å². The van der Waals surface area contributed by atoms with Crippen LogP contribution in [0.5, 0.6) is 0 Å². The molecule has 0 radical (unpaired) electrons. The Bertz CT molecular complexity index is 662. The Labute approximate surface area is 151 Å². The number of hydrogen-bond donors (Lipinski definition) is 0. The molecule has 25 heavy (non-hydrogen) atoms. The number of terminal acetylenes is 1. The van der Waals surface area contributed by atoms with Crippen molar-refractivity contribution < 1.29 is 18.1 Å². The number of phosphoric ester groups is 1. The molecule has 0 amide bonds. The van der Waals surface area contributed by atoms with E-state index in [1.165, 1.54) is 0 Å². The Morgan fingerprint density at radius 2 is 1.52 bits per heavy atom. The fourth-order valence-electron chi connectivity index (χ4n) is 2.53. The summed E-state index contributed by atoms with van der Waals surface area (Å²) in [6.07, 6.45) is 7.37. The van der Waals surface area contributed by atoms with Gasteiger partial charge in [-0.15, -0.1) is 6.42 Å². The quantitative estimate of drug-likeness (QED) is 0.497. The van der Waals surface area contributed by atoms with Crippen molar-refractivity contribution in [3.05, 3.63) is 35.4 Å². The highest BCUT2D eigenvalue weighted by atomic mass is 31.2. The molecule has 5 heteroatoms. The SMILES string of the molecule is C#Cc1ccc(C2(COP(=O)(OC(C)(C)C)OC(C)(C)C)CC2)cc1. The molecule has 1 aliphatic rings. The summed E-state index contributed by atoms with van der Waals surface area (Å²) in [4.78, 5) is 0. The van der Waals surface area contributed by atoms with Crippen LogP contribution in [0.2, 0.25) is 0 Å². The standard InChI is InChI=1S/C20H29O4P/c1-8-16-9-11-17(12-10-16)20(13-14-20)15-22-25(21,23-18(2,3)4)24-19(5,6)7/h1,9-12H,13-15H2,2-7H3. The molecule has 0 unspecified atom stereocenters. The summed E-state index contributed by atoms with van der Waals surface area (Å²) in [7, 11) is -3.69. The summed E-state index contributed by atoms with van der Waals surface area (Å²) in [6.45, 7) is 11.3. The van der Waals surface area contributed by atoms with Crippen LogP contribution >= 0.6 is 7.82 Å². The number of rotatable bonds is 6. The topological polar surface area (TPSA) is 44.8 Å². The first-order valence-electron chi connectivity index (χ1n) is 8.60. The molecular weight excluding hydrogens is 335 g/mol. The van der Waals surface area contributed by atoms with E-state index in [1.807, 2.05) is 65.8 Å². The molecule has 1 aliphatic carbocycles. The number of phosphoric acid groups is 1. The summed E-state index contributed by atoms with van der Waals surface area (Å²) in [5.41, 5.74) is 0.589. The smallest absolute Gasteiger partial charge is 0.286 e. The molecule has 0 saturated heterocycles. The molecule has 0 heterocycles. The lowest BCUT2D eigenvalue weighted by Crippen LogP contribution is -2.26. The summed E-state index contributed by atoms with van der Waals surface area (Å²) in [5.74, 6) is 2.62. The van der Waals surface area contributed by atoms with Gasteiger partial charge < -0.3 is 0 Å². The molecule has 4 nitrogen and oxygen atoms in total. The van der Waals surface area contributed by atoms with Crippen LogP contribution in [0, 0.1) is 12.3 Å². The van der Waals surface area contributed by atoms with E-state index in [9.17, 15) is 4.57 Å². The van der Waals surface area contributed by atoms with Gasteiger partial charge in [0, 0.05) is 11.0 Å². The zero-order chi connectivity index (χ0) is 18.9. The maximum atomic E-state index is 13.2. The second kappa shape index (κ2) is 6.89. The van der Waals surface area contributed by atoms with Gasteiger partial charge in [-0.3, -0.25) is 13.6 Å². The first-order valence-corrected chi connectivity index (χ1v) is 10.1. The van der Waals surface area contributed by atoms with Gasteiger partial charge >= 0.3 is 7.82 Å². The van der Waals surface area contributed by atoms with Crippen molar-refractivity contribution in [2.75, 3.05) is 6.61 Å². The predicted molar refractivity (Wildman–Crippen MR) is 101 cm³/mol. The van der Waals surface area contributed by atoms with E-state index in [-0.39, 0.29) is 5.41 Å². The fraction of sp³-hybridized carbons (Fsp3) is 0.600. The van der Waals surface area contributed by atoms with Crippen molar-refractivity contribution in [1.82, 2.24) is 0 Å². The Hall–Kier alpha value is -1.11. The summed E-state index contributed by atoms with van der Waals surface area (Å²) in [5, 5.41) is 0. The van der Waals surface area contributed by atoms with Crippen molar-refractivity contribution >= 4 is 7.82 Å². The molecule has 138 valence electrons. The average Bonchev–Trinajstić information content (AvgIpc) is 3.22. The average molecular weight is 364 g/mol. The van der Waals surface area contributed by atoms with E-state index in [0.717, 1.165) is 24.0 Å². The van der Waals surface area contributed by atoms with Crippen molar-refractivity contribution in [3.8, 4) is 12.3 Å². The van der Waals surface area contributed by atoms with Crippen LogP contribution in [0.25, 0.3) is 0 Å². The third-order valence-electron chi connectivity index (χ3n) is 3.79. The Morgan fingerprint density at radius 3 is 1.88 bits per heavy atom. The van der Waals surface area contributed by atoms with Gasteiger partial charge in [-0.1, -0.05) is 18.1 Å². The third-order valence-corrected chi connectivity index (χ3v) is 5.78. The second-order valence-electron chi connectivity index (χ2n) is 8.63. The maximum absolute atomic E-state index is 13.2. The molecule has 0 bridgehead atoms. The number of benzene rings is 1. The minimum Gasteiger partial charge on any atom is -0.286 e. The summed E-state index contributed by atoms with van der Waals surface area (Å²) >= 11 is 0. The Balaban J connectivity index is 2.14. The van der Waals surface area contributed by atoms with Crippen LogP contribution in [0.15, 0.2) is 24.3 Å². The van der Waals surface area contributed by atoms with Crippen molar-refractivity contribution in [2.45, 2.75) is 71.0 Å². The first-order chi connectivity index (χ1) is 11.4. The summed E-state index contributed by atoms with van der Waals surface area (Å²) < 4.78 is 30.3. The van der Waals surface area contributed by atoms with Crippen LogP contribution in [0.3, 0.4) is 0 Å². The largest absolute Gasteiger partial charge is 0.475 e. The minimum absolute atomic E-state index is 0.134. The van der Waals surface area contributed by atoms with E-state index >= 15 is 0 Å². The molecule has 1 fully saturated rings. The second-order valence-corrected chi connectivity index (χ2v) is 10.1. The minimum atomic E-state index is -3.69. The maximum Gasteiger partial charge on any atom is 0.475 e. The van der Waals surface area contributed by atoms with Crippen molar-refractivity contribution in [2.24, 2.45) is 0 Å². The first kappa shape index (κ1) is 20.2. The highest BCUT2D eigenvalue weighted by Crippen LogP contribution is 2.58. The monoisotopic (exact) mass is 364 g/mol. The van der Waals surface area contributed by atoms with Crippen molar-refractivity contribution in [3.63, 3.8) is 0 Å². The molecular formula is C20H29O4P. The normalized spacial score (nSPS) is 17.2. The predicted octanol–water partition coefficient (Wildman–Crippen LogP) is 5.45. The van der Waals surface area contributed by atoms with Gasteiger partial charge in [-0.2, -0.15) is 0 Å². The molecule has 0 aliphatic heterocycles. The Morgan fingerprint density at radius 1 is 1.04 bits per heavy atom. The van der Waals surface area contributed by atoms with Gasteiger partial charge in [-0.25, -0.2) is 4.57 Å². The highest BCUT2D eigenvalue weighted by molar-refractivity contribution is 7.48. The lowest BCUT2D eigenvalue weighted by Gasteiger charge is -2.32. The van der Waals surface area contributed by atoms with E-state index in [0.29, 0.717) is 6.61 Å². The van der Waals surface area contributed by atoms with Gasteiger partial charge in [-0.05, 0) is 72.1 Å². The fourth-order valence-corrected chi connectivity index (χ4v) is 4.42. The molecule has 1 saturated carbocycles. The van der Waals surface area contributed by atoms with Crippen molar-refractivity contribution in [1.29, 1.82) is 0 Å². The highest BCUT2D eigenvalue weighted by Gasteiger charge is 2.48. The van der Waals surface area contributed by atoms with E-state index in [4.69, 9.17) is 20.0 Å². The van der Waals surface area contributed by atoms with E-state index in [2.05, 4.69) is 5.92 Å². The molecule has 1 aromatic carbocycles. The Kier molecular flexibility index (Phi) is 5.57. The van der Waals surface area contributed by atoms with Crippen LogP contribution in [0.4, 0.5) is 0 Å². The van der Waals surface area contributed by atoms with Crippen LogP contribution in [-0.2, 0) is 23.6 Å². The van der Waals surface area contributed by atoms with Crippen LogP contribution in [0.1, 0.15) is 65.5 Å². The molecule has 2 rings (SSSR count). The summed E-state index contributed by atoms with van der Waals surface area (Å²) in [6, 6.07) is 7.88. The lowest BCUT2D eigenvalue weighted by atomic mass is 9.96. The zero-order valence-electron chi connectivity index (χ0n) is 16.1. The van der Waals surface area contributed by atoms with E-state index < -0.39 is 19.0 Å². The van der Waals surface area contributed by atoms with Gasteiger partial charge in [0.05, 0.1) is 17.8 Å². The molecule has 0 aromatic heterocycles. The van der Waals surface area contributed by atoms with Gasteiger partial charge in [0.2, 0.25) is 0 Å². The molecule has 0 spiro atoms. The van der Waals surface area contributed by atoms with Crippen LogP contribution in [-0.4, -0.2) is 17.8 Å². The van der Waals surface area contributed by atoms with Gasteiger partial charge in [0.25, 0.3) is 0 Å². The zero-order valence-corrected chi connectivity index (χ0v) is 17.0. The lowest BCUT2D eigenvalue weighted by molar-refractivity contribution is 0.000708. The molecule has 0 N–H and O–H groups in total.